The summed E-state index contributed by atoms with van der Waals surface area (Å²) in [5, 5.41) is 4.29. The number of hydrogen-bond acceptors (Lipinski definition) is 2. The molecule has 0 unspecified atom stereocenters. The predicted molar refractivity (Wildman–Crippen MR) is 64.8 cm³/mol. The van der Waals surface area contributed by atoms with Crippen LogP contribution >= 0.6 is 0 Å². The standard InChI is InChI=1S/C13H14FN3/c14-12-3-10(4-13(15)5-12)11-6-16-17(8-11)7-9-1-2-9/h3-6,8-9H,1-2,7,15H2. The van der Waals surface area contributed by atoms with E-state index in [0.29, 0.717) is 5.69 Å². The molecule has 1 aliphatic rings. The van der Waals surface area contributed by atoms with Crippen molar-refractivity contribution in [3.63, 3.8) is 0 Å². The first-order valence-electron chi connectivity index (χ1n) is 5.79. The van der Waals surface area contributed by atoms with E-state index in [0.717, 1.165) is 23.6 Å². The van der Waals surface area contributed by atoms with Crippen LogP contribution in [-0.2, 0) is 6.54 Å². The third-order valence-electron chi connectivity index (χ3n) is 3.03. The Morgan fingerprint density at radius 1 is 1.29 bits per heavy atom. The normalized spacial score (nSPS) is 15.1. The maximum Gasteiger partial charge on any atom is 0.125 e. The van der Waals surface area contributed by atoms with Crippen molar-refractivity contribution in [1.82, 2.24) is 9.78 Å². The van der Waals surface area contributed by atoms with E-state index in [-0.39, 0.29) is 5.82 Å². The summed E-state index contributed by atoms with van der Waals surface area (Å²) in [6, 6.07) is 4.56. The van der Waals surface area contributed by atoms with Crippen LogP contribution in [-0.4, -0.2) is 9.78 Å². The Labute approximate surface area is 99.1 Å². The molecule has 0 amide bonds. The maximum atomic E-state index is 13.2. The van der Waals surface area contributed by atoms with Crippen molar-refractivity contribution in [2.45, 2.75) is 19.4 Å². The van der Waals surface area contributed by atoms with Crippen LogP contribution in [0.25, 0.3) is 11.1 Å². The molecule has 0 bridgehead atoms. The first-order valence-corrected chi connectivity index (χ1v) is 5.79. The number of nitrogen functional groups attached to an aromatic ring is 1. The number of nitrogens with two attached hydrogens (primary N) is 1. The summed E-state index contributed by atoms with van der Waals surface area (Å²) in [6.45, 7) is 0.963. The number of aromatic nitrogens is 2. The fourth-order valence-corrected chi connectivity index (χ4v) is 1.96. The second-order valence-electron chi connectivity index (χ2n) is 4.67. The van der Waals surface area contributed by atoms with Gasteiger partial charge in [0, 0.05) is 24.0 Å². The predicted octanol–water partition coefficient (Wildman–Crippen LogP) is 2.68. The van der Waals surface area contributed by atoms with Crippen molar-refractivity contribution in [2.24, 2.45) is 5.92 Å². The molecule has 1 heterocycles. The van der Waals surface area contributed by atoms with Crippen molar-refractivity contribution in [3.05, 3.63) is 36.4 Å². The number of halogens is 1. The largest absolute Gasteiger partial charge is 0.399 e. The minimum absolute atomic E-state index is 0.310. The molecule has 0 saturated heterocycles. The van der Waals surface area contributed by atoms with Crippen LogP contribution in [0.15, 0.2) is 30.6 Å². The summed E-state index contributed by atoms with van der Waals surface area (Å²) in [6.07, 6.45) is 6.30. The van der Waals surface area contributed by atoms with Crippen molar-refractivity contribution in [2.75, 3.05) is 5.73 Å². The van der Waals surface area contributed by atoms with Crippen LogP contribution in [0.2, 0.25) is 0 Å². The van der Waals surface area contributed by atoms with Gasteiger partial charge in [-0.2, -0.15) is 5.10 Å². The summed E-state index contributed by atoms with van der Waals surface area (Å²) in [4.78, 5) is 0. The number of nitrogens with zero attached hydrogens (tertiary/aromatic N) is 2. The number of rotatable bonds is 3. The van der Waals surface area contributed by atoms with Crippen molar-refractivity contribution in [3.8, 4) is 11.1 Å². The highest BCUT2D eigenvalue weighted by atomic mass is 19.1. The van der Waals surface area contributed by atoms with Crippen LogP contribution in [0.3, 0.4) is 0 Å². The van der Waals surface area contributed by atoms with Crippen LogP contribution in [0.1, 0.15) is 12.8 Å². The monoisotopic (exact) mass is 231 g/mol. The molecular weight excluding hydrogens is 217 g/mol. The van der Waals surface area contributed by atoms with Gasteiger partial charge in [-0.25, -0.2) is 4.39 Å². The summed E-state index contributed by atoms with van der Waals surface area (Å²) < 4.78 is 15.2. The van der Waals surface area contributed by atoms with Gasteiger partial charge in [0.15, 0.2) is 0 Å². The number of benzene rings is 1. The van der Waals surface area contributed by atoms with E-state index >= 15 is 0 Å². The fraction of sp³-hybridized carbons (Fsp3) is 0.308. The highest BCUT2D eigenvalue weighted by Gasteiger charge is 2.22. The summed E-state index contributed by atoms with van der Waals surface area (Å²) in [7, 11) is 0. The molecule has 1 aromatic carbocycles. The summed E-state index contributed by atoms with van der Waals surface area (Å²) in [5.74, 6) is 0.468. The van der Waals surface area contributed by atoms with E-state index in [9.17, 15) is 4.39 Å². The van der Waals surface area contributed by atoms with E-state index in [1.165, 1.54) is 25.0 Å². The molecule has 1 saturated carbocycles. The lowest BCUT2D eigenvalue weighted by molar-refractivity contribution is 0.563. The molecule has 1 aliphatic carbocycles. The summed E-state index contributed by atoms with van der Waals surface area (Å²) in [5.41, 5.74) is 7.76. The Kier molecular flexibility index (Phi) is 2.35. The first kappa shape index (κ1) is 10.3. The molecule has 1 fully saturated rings. The van der Waals surface area contributed by atoms with Gasteiger partial charge in [-0.3, -0.25) is 4.68 Å². The molecule has 88 valence electrons. The molecule has 4 heteroatoms. The zero-order valence-electron chi connectivity index (χ0n) is 9.44. The van der Waals surface area contributed by atoms with Gasteiger partial charge in [0.1, 0.15) is 5.82 Å². The van der Waals surface area contributed by atoms with E-state index in [2.05, 4.69) is 5.10 Å². The van der Waals surface area contributed by atoms with Crippen molar-refractivity contribution >= 4 is 5.69 Å². The van der Waals surface area contributed by atoms with Crippen LogP contribution < -0.4 is 5.73 Å². The topological polar surface area (TPSA) is 43.8 Å². The Bertz CT molecular complexity index is 523. The highest BCUT2D eigenvalue weighted by Crippen LogP contribution is 2.31. The average molecular weight is 231 g/mol. The van der Waals surface area contributed by atoms with Gasteiger partial charge in [0.05, 0.1) is 6.20 Å². The number of anilines is 1. The highest BCUT2D eigenvalue weighted by molar-refractivity contribution is 5.66. The average Bonchev–Trinajstić information content (AvgIpc) is 2.93. The molecule has 0 atom stereocenters. The van der Waals surface area contributed by atoms with E-state index in [4.69, 9.17) is 5.73 Å². The molecule has 0 aliphatic heterocycles. The second kappa shape index (κ2) is 3.87. The third-order valence-corrected chi connectivity index (χ3v) is 3.03. The van der Waals surface area contributed by atoms with E-state index in [1.807, 2.05) is 10.9 Å². The van der Waals surface area contributed by atoms with E-state index in [1.54, 1.807) is 12.3 Å². The first-order chi connectivity index (χ1) is 8.20. The van der Waals surface area contributed by atoms with Gasteiger partial charge < -0.3 is 5.73 Å². The van der Waals surface area contributed by atoms with Gasteiger partial charge in [-0.05, 0) is 42.5 Å². The Morgan fingerprint density at radius 3 is 2.82 bits per heavy atom. The quantitative estimate of drug-likeness (QED) is 0.825. The molecule has 3 nitrogen and oxygen atoms in total. The van der Waals surface area contributed by atoms with Crippen LogP contribution in [0.4, 0.5) is 10.1 Å². The Morgan fingerprint density at radius 2 is 2.12 bits per heavy atom. The lowest BCUT2D eigenvalue weighted by atomic mass is 10.1. The zero-order valence-corrected chi connectivity index (χ0v) is 9.44. The van der Waals surface area contributed by atoms with Crippen LogP contribution in [0.5, 0.6) is 0 Å². The molecule has 2 N–H and O–H groups in total. The molecule has 0 spiro atoms. The molecule has 3 rings (SSSR count). The molecular formula is C13H14FN3. The van der Waals surface area contributed by atoms with Gasteiger partial charge in [0.25, 0.3) is 0 Å². The van der Waals surface area contributed by atoms with Gasteiger partial charge in [-0.15, -0.1) is 0 Å². The lowest BCUT2D eigenvalue weighted by Gasteiger charge is -2.00. The van der Waals surface area contributed by atoms with Crippen molar-refractivity contribution < 1.29 is 4.39 Å². The Hall–Kier alpha value is -1.84. The third kappa shape index (κ3) is 2.30. The zero-order chi connectivity index (χ0) is 11.8. The molecule has 1 aromatic heterocycles. The van der Waals surface area contributed by atoms with Crippen LogP contribution in [0, 0.1) is 11.7 Å². The number of hydrogen-bond donors (Lipinski definition) is 1. The van der Waals surface area contributed by atoms with Gasteiger partial charge in [0.2, 0.25) is 0 Å². The molecule has 17 heavy (non-hydrogen) atoms. The SMILES string of the molecule is Nc1cc(F)cc(-c2cnn(CC3CC3)c2)c1. The maximum absolute atomic E-state index is 13.2. The fourth-order valence-electron chi connectivity index (χ4n) is 1.96. The summed E-state index contributed by atoms with van der Waals surface area (Å²) >= 11 is 0. The van der Waals surface area contributed by atoms with Gasteiger partial charge in [-0.1, -0.05) is 0 Å². The molecule has 2 aromatic rings. The minimum atomic E-state index is -0.310. The minimum Gasteiger partial charge on any atom is -0.399 e. The second-order valence-corrected chi connectivity index (χ2v) is 4.67. The van der Waals surface area contributed by atoms with Crippen molar-refractivity contribution in [1.29, 1.82) is 0 Å². The lowest BCUT2D eigenvalue weighted by Crippen LogP contribution is -1.99. The molecule has 0 radical (unpaired) electrons. The van der Waals surface area contributed by atoms with Gasteiger partial charge >= 0.3 is 0 Å². The van der Waals surface area contributed by atoms with E-state index < -0.39 is 0 Å². The Balaban J connectivity index is 1.88. The smallest absolute Gasteiger partial charge is 0.125 e.